The van der Waals surface area contributed by atoms with E-state index in [2.05, 4.69) is 14.8 Å². The maximum atomic E-state index is 11.4. The molecule has 0 saturated carbocycles. The van der Waals surface area contributed by atoms with Crippen LogP contribution in [0.3, 0.4) is 0 Å². The summed E-state index contributed by atoms with van der Waals surface area (Å²) >= 11 is 0. The van der Waals surface area contributed by atoms with Crippen molar-refractivity contribution in [3.63, 3.8) is 0 Å². The smallest absolute Gasteiger partial charge is 0.341 e. The third-order valence-corrected chi connectivity index (χ3v) is 2.22. The van der Waals surface area contributed by atoms with Gasteiger partial charge in [0.15, 0.2) is 11.5 Å². The number of benzene rings is 1. The Morgan fingerprint density at radius 2 is 2.21 bits per heavy atom. The molecule has 1 aromatic carbocycles. The van der Waals surface area contributed by atoms with Crippen LogP contribution in [0.5, 0.6) is 17.2 Å². The van der Waals surface area contributed by atoms with Gasteiger partial charge < -0.3 is 19.3 Å². The number of azide groups is 1. The SMILES string of the molecule is COC(=O)c1ccc(OCCN=[N+]=[N-])c(OC)c1O. The van der Waals surface area contributed by atoms with E-state index in [0.29, 0.717) is 0 Å². The second-order valence-electron chi connectivity index (χ2n) is 3.29. The zero-order chi connectivity index (χ0) is 14.3. The molecular formula is C11H13N3O5. The summed E-state index contributed by atoms with van der Waals surface area (Å²) in [4.78, 5) is 14.0. The molecule has 0 atom stereocenters. The first kappa shape index (κ1) is 14.5. The van der Waals surface area contributed by atoms with Crippen LogP contribution in [0.1, 0.15) is 10.4 Å². The minimum absolute atomic E-state index is 0.0174. The van der Waals surface area contributed by atoms with Gasteiger partial charge in [0, 0.05) is 4.91 Å². The van der Waals surface area contributed by atoms with Crippen LogP contribution in [-0.4, -0.2) is 38.4 Å². The summed E-state index contributed by atoms with van der Waals surface area (Å²) < 4.78 is 14.8. The van der Waals surface area contributed by atoms with Gasteiger partial charge in [0.05, 0.1) is 27.4 Å². The number of hydrogen-bond donors (Lipinski definition) is 1. The highest BCUT2D eigenvalue weighted by molar-refractivity contribution is 5.93. The van der Waals surface area contributed by atoms with Gasteiger partial charge >= 0.3 is 5.97 Å². The van der Waals surface area contributed by atoms with Gasteiger partial charge in [0.1, 0.15) is 5.56 Å². The molecule has 0 spiro atoms. The number of phenolic OH excluding ortho intramolecular Hbond substituents is 1. The molecule has 0 radical (unpaired) electrons. The van der Waals surface area contributed by atoms with Crippen LogP contribution in [0.25, 0.3) is 10.4 Å². The number of esters is 1. The third kappa shape index (κ3) is 3.43. The molecule has 0 saturated heterocycles. The summed E-state index contributed by atoms with van der Waals surface area (Å²) in [5, 5.41) is 13.2. The van der Waals surface area contributed by atoms with Gasteiger partial charge in [-0.2, -0.15) is 0 Å². The minimum atomic E-state index is -0.684. The van der Waals surface area contributed by atoms with E-state index in [4.69, 9.17) is 15.0 Å². The summed E-state index contributed by atoms with van der Waals surface area (Å²) in [5.74, 6) is -0.795. The lowest BCUT2D eigenvalue weighted by Gasteiger charge is -2.13. The van der Waals surface area contributed by atoms with Crippen LogP contribution in [-0.2, 0) is 4.74 Å². The van der Waals surface area contributed by atoms with Gasteiger partial charge in [-0.05, 0) is 17.7 Å². The monoisotopic (exact) mass is 267 g/mol. The van der Waals surface area contributed by atoms with E-state index in [0.717, 1.165) is 0 Å². The molecule has 0 aliphatic rings. The van der Waals surface area contributed by atoms with Crippen molar-refractivity contribution in [2.24, 2.45) is 5.11 Å². The Hall–Kier alpha value is -2.60. The largest absolute Gasteiger partial charge is 0.504 e. The Morgan fingerprint density at radius 1 is 1.47 bits per heavy atom. The molecule has 102 valence electrons. The normalized spacial score (nSPS) is 9.37. The summed E-state index contributed by atoms with van der Waals surface area (Å²) in [7, 11) is 2.54. The standard InChI is InChI=1S/C11H13N3O5/c1-17-10-8(19-6-5-13-14-12)4-3-7(9(10)15)11(16)18-2/h3-4,15H,5-6H2,1-2H3. The maximum Gasteiger partial charge on any atom is 0.341 e. The lowest BCUT2D eigenvalue weighted by Crippen LogP contribution is -2.05. The van der Waals surface area contributed by atoms with E-state index in [1.165, 1.54) is 26.4 Å². The topological polar surface area (TPSA) is 114 Å². The lowest BCUT2D eigenvalue weighted by atomic mass is 10.1. The number of ether oxygens (including phenoxy) is 3. The first-order valence-electron chi connectivity index (χ1n) is 5.27. The summed E-state index contributed by atoms with van der Waals surface area (Å²) in [5.41, 5.74) is 8.09. The molecule has 0 fully saturated rings. The second-order valence-corrected chi connectivity index (χ2v) is 3.29. The maximum absolute atomic E-state index is 11.4. The molecule has 8 heteroatoms. The van der Waals surface area contributed by atoms with E-state index < -0.39 is 5.97 Å². The van der Waals surface area contributed by atoms with Gasteiger partial charge in [-0.15, -0.1) is 0 Å². The number of nitrogens with zero attached hydrogens (tertiary/aromatic N) is 3. The van der Waals surface area contributed by atoms with Crippen molar-refractivity contribution in [3.05, 3.63) is 28.1 Å². The van der Waals surface area contributed by atoms with Crippen LogP contribution < -0.4 is 9.47 Å². The number of carbonyl (C=O) groups excluding carboxylic acids is 1. The average molecular weight is 267 g/mol. The Balaban J connectivity index is 2.97. The molecule has 1 rings (SSSR count). The molecule has 0 heterocycles. The van der Waals surface area contributed by atoms with E-state index in [1.807, 2.05) is 0 Å². The molecule has 0 bridgehead atoms. The van der Waals surface area contributed by atoms with E-state index in [1.54, 1.807) is 0 Å². The average Bonchev–Trinajstić information content (AvgIpc) is 2.43. The number of hydrogen-bond acceptors (Lipinski definition) is 6. The van der Waals surface area contributed by atoms with E-state index >= 15 is 0 Å². The fraction of sp³-hybridized carbons (Fsp3) is 0.364. The summed E-state index contributed by atoms with van der Waals surface area (Å²) in [6.45, 7) is 0.261. The predicted molar refractivity (Wildman–Crippen MR) is 65.5 cm³/mol. The Bertz CT molecular complexity index is 511. The van der Waals surface area contributed by atoms with E-state index in [9.17, 15) is 9.90 Å². The quantitative estimate of drug-likeness (QED) is 0.278. The van der Waals surface area contributed by atoms with Gasteiger partial charge in [-0.25, -0.2) is 4.79 Å². The van der Waals surface area contributed by atoms with Crippen LogP contribution in [0.2, 0.25) is 0 Å². The lowest BCUT2D eigenvalue weighted by molar-refractivity contribution is 0.0596. The highest BCUT2D eigenvalue weighted by atomic mass is 16.5. The highest BCUT2D eigenvalue weighted by Crippen LogP contribution is 2.39. The third-order valence-electron chi connectivity index (χ3n) is 2.22. The molecule has 1 aromatic rings. The van der Waals surface area contributed by atoms with Gasteiger partial charge in [0.25, 0.3) is 0 Å². The Labute approximate surface area is 109 Å². The molecule has 0 aromatic heterocycles. The first-order chi connectivity index (χ1) is 9.15. The fourth-order valence-electron chi connectivity index (χ4n) is 1.38. The van der Waals surface area contributed by atoms with Crippen molar-refractivity contribution < 1.29 is 24.1 Å². The zero-order valence-corrected chi connectivity index (χ0v) is 10.5. The Kier molecular flexibility index (Phi) is 5.31. The van der Waals surface area contributed by atoms with Gasteiger partial charge in [-0.1, -0.05) is 5.11 Å². The summed E-state index contributed by atoms with van der Waals surface area (Å²) in [6.07, 6.45) is 0. The van der Waals surface area contributed by atoms with Crippen LogP contribution >= 0.6 is 0 Å². The van der Waals surface area contributed by atoms with Crippen LogP contribution in [0.15, 0.2) is 17.2 Å². The molecule has 8 nitrogen and oxygen atoms in total. The number of carbonyl (C=O) groups is 1. The van der Waals surface area contributed by atoms with Crippen molar-refractivity contribution in [1.82, 2.24) is 0 Å². The van der Waals surface area contributed by atoms with Crippen molar-refractivity contribution in [1.29, 1.82) is 0 Å². The number of aromatic hydroxyl groups is 1. The van der Waals surface area contributed by atoms with Crippen LogP contribution in [0.4, 0.5) is 0 Å². The van der Waals surface area contributed by atoms with Crippen molar-refractivity contribution in [2.75, 3.05) is 27.4 Å². The highest BCUT2D eigenvalue weighted by Gasteiger charge is 2.19. The number of rotatable bonds is 6. The van der Waals surface area contributed by atoms with E-state index in [-0.39, 0.29) is 36.0 Å². The first-order valence-corrected chi connectivity index (χ1v) is 5.27. The molecule has 0 aliphatic carbocycles. The van der Waals surface area contributed by atoms with Crippen molar-refractivity contribution >= 4 is 5.97 Å². The second kappa shape index (κ2) is 6.97. The van der Waals surface area contributed by atoms with Gasteiger partial charge in [-0.3, -0.25) is 0 Å². The molecular weight excluding hydrogens is 254 g/mol. The molecule has 0 amide bonds. The number of phenols is 1. The van der Waals surface area contributed by atoms with Crippen LogP contribution in [0, 0.1) is 0 Å². The number of methoxy groups -OCH3 is 2. The minimum Gasteiger partial charge on any atom is -0.504 e. The Morgan fingerprint density at radius 3 is 2.79 bits per heavy atom. The van der Waals surface area contributed by atoms with Crippen molar-refractivity contribution in [2.45, 2.75) is 0 Å². The summed E-state index contributed by atoms with van der Waals surface area (Å²) in [6, 6.07) is 2.81. The van der Waals surface area contributed by atoms with Crippen molar-refractivity contribution in [3.8, 4) is 17.2 Å². The predicted octanol–water partition coefficient (Wildman–Crippen LogP) is 1.88. The molecule has 0 aliphatic heterocycles. The molecule has 19 heavy (non-hydrogen) atoms. The molecule has 1 N–H and O–H groups in total. The zero-order valence-electron chi connectivity index (χ0n) is 10.5. The fourth-order valence-corrected chi connectivity index (χ4v) is 1.38. The van der Waals surface area contributed by atoms with Gasteiger partial charge in [0.2, 0.25) is 5.75 Å². The molecule has 0 unspecified atom stereocenters.